The summed E-state index contributed by atoms with van der Waals surface area (Å²) >= 11 is 1.60. The van der Waals surface area contributed by atoms with Gasteiger partial charge in [-0.3, -0.25) is 9.59 Å². The predicted octanol–water partition coefficient (Wildman–Crippen LogP) is 4.87. The maximum Gasteiger partial charge on any atom is 0.242 e. The van der Waals surface area contributed by atoms with Crippen LogP contribution in [0.15, 0.2) is 48.5 Å². The second-order valence-corrected chi connectivity index (χ2v) is 8.69. The van der Waals surface area contributed by atoms with Gasteiger partial charge >= 0.3 is 0 Å². The summed E-state index contributed by atoms with van der Waals surface area (Å²) < 4.78 is 0. The van der Waals surface area contributed by atoms with Crippen LogP contribution < -0.4 is 5.32 Å². The van der Waals surface area contributed by atoms with Crippen molar-refractivity contribution in [1.82, 2.24) is 10.2 Å². The van der Waals surface area contributed by atoms with Gasteiger partial charge in [-0.05, 0) is 37.8 Å². The average molecular weight is 427 g/mol. The zero-order chi connectivity index (χ0) is 21.9. The van der Waals surface area contributed by atoms with E-state index in [9.17, 15) is 9.59 Å². The lowest BCUT2D eigenvalue weighted by Gasteiger charge is -2.30. The molecular formula is C25H34N2O2S. The van der Waals surface area contributed by atoms with Crippen LogP contribution in [0.1, 0.15) is 48.9 Å². The number of carbonyl (C=O) groups excluding carboxylic acids is 2. The van der Waals surface area contributed by atoms with Crippen LogP contribution in [0, 0.1) is 13.8 Å². The Morgan fingerprint density at radius 2 is 1.63 bits per heavy atom. The number of hydrogen-bond acceptors (Lipinski definition) is 3. The molecule has 0 heterocycles. The van der Waals surface area contributed by atoms with Crippen molar-refractivity contribution in [3.05, 3.63) is 70.8 Å². The Morgan fingerprint density at radius 3 is 2.23 bits per heavy atom. The molecule has 30 heavy (non-hydrogen) atoms. The lowest BCUT2D eigenvalue weighted by atomic mass is 10.1. The Kier molecular flexibility index (Phi) is 9.95. The van der Waals surface area contributed by atoms with E-state index in [1.165, 1.54) is 11.1 Å². The van der Waals surface area contributed by atoms with Gasteiger partial charge in [-0.25, -0.2) is 0 Å². The summed E-state index contributed by atoms with van der Waals surface area (Å²) in [5.41, 5.74) is 4.64. The van der Waals surface area contributed by atoms with Gasteiger partial charge in [-0.2, -0.15) is 0 Å². The van der Waals surface area contributed by atoms with E-state index in [-0.39, 0.29) is 11.8 Å². The minimum absolute atomic E-state index is 0.00709. The Labute approximate surface area is 185 Å². The molecule has 0 spiro atoms. The summed E-state index contributed by atoms with van der Waals surface area (Å²) in [5.74, 6) is 1.08. The fourth-order valence-corrected chi connectivity index (χ4v) is 4.29. The van der Waals surface area contributed by atoms with E-state index in [0.717, 1.165) is 23.3 Å². The minimum atomic E-state index is -0.455. The lowest BCUT2D eigenvalue weighted by molar-refractivity contribution is -0.139. The summed E-state index contributed by atoms with van der Waals surface area (Å²) in [6, 6.07) is 16.0. The number of nitrogens with zero attached hydrogens (tertiary/aromatic N) is 1. The van der Waals surface area contributed by atoms with E-state index >= 15 is 0 Å². The molecule has 0 aliphatic rings. The van der Waals surface area contributed by atoms with E-state index in [1.54, 1.807) is 16.7 Å². The van der Waals surface area contributed by atoms with Crippen LogP contribution in [0.3, 0.4) is 0 Å². The largest absolute Gasteiger partial charge is 0.354 e. The van der Waals surface area contributed by atoms with Crippen LogP contribution >= 0.6 is 11.8 Å². The molecule has 2 aromatic rings. The molecule has 0 aliphatic carbocycles. The topological polar surface area (TPSA) is 49.4 Å². The first-order valence-electron chi connectivity index (χ1n) is 10.7. The Bertz CT molecular complexity index is 837. The summed E-state index contributed by atoms with van der Waals surface area (Å²) in [5, 5.41) is 2.96. The fourth-order valence-electron chi connectivity index (χ4n) is 3.43. The quantitative estimate of drug-likeness (QED) is 0.558. The molecular weight excluding hydrogens is 392 g/mol. The predicted molar refractivity (Wildman–Crippen MR) is 126 cm³/mol. The van der Waals surface area contributed by atoms with Crippen molar-refractivity contribution in [3.63, 3.8) is 0 Å². The molecule has 0 aromatic heterocycles. The highest BCUT2D eigenvalue weighted by Gasteiger charge is 2.28. The number of rotatable bonds is 11. The number of hydrogen-bond donors (Lipinski definition) is 1. The first-order chi connectivity index (χ1) is 14.4. The third-order valence-electron chi connectivity index (χ3n) is 4.95. The number of thioether (sulfide) groups is 1. The van der Waals surface area contributed by atoms with Crippen LogP contribution in [0.2, 0.25) is 0 Å². The first kappa shape index (κ1) is 24.0. The zero-order valence-corrected chi connectivity index (χ0v) is 19.4. The molecule has 162 valence electrons. The number of benzene rings is 2. The monoisotopic (exact) mass is 426 g/mol. The molecule has 5 heteroatoms. The molecule has 2 rings (SSSR count). The van der Waals surface area contributed by atoms with Gasteiger partial charge in [0.15, 0.2) is 0 Å². The Morgan fingerprint density at radius 1 is 1.00 bits per heavy atom. The molecule has 0 unspecified atom stereocenters. The van der Waals surface area contributed by atoms with Crippen molar-refractivity contribution in [2.45, 2.75) is 58.9 Å². The maximum absolute atomic E-state index is 13.2. The van der Waals surface area contributed by atoms with Gasteiger partial charge in [-0.1, -0.05) is 73.5 Å². The van der Waals surface area contributed by atoms with E-state index in [4.69, 9.17) is 0 Å². The maximum atomic E-state index is 13.2. The summed E-state index contributed by atoms with van der Waals surface area (Å²) in [6.07, 6.45) is 1.47. The Balaban J connectivity index is 2.11. The molecule has 1 N–H and O–H groups in total. The Hall–Kier alpha value is -2.27. The van der Waals surface area contributed by atoms with Crippen molar-refractivity contribution < 1.29 is 9.59 Å². The molecule has 1 atom stereocenters. The number of aryl methyl sites for hydroxylation is 2. The molecule has 0 saturated carbocycles. The molecule has 0 bridgehead atoms. The summed E-state index contributed by atoms with van der Waals surface area (Å²) in [6.45, 7) is 9.18. The number of amides is 2. The van der Waals surface area contributed by atoms with Crippen LogP contribution in [0.25, 0.3) is 0 Å². The van der Waals surface area contributed by atoms with E-state index < -0.39 is 6.04 Å². The van der Waals surface area contributed by atoms with Crippen LogP contribution in [0.5, 0.6) is 0 Å². The SMILES string of the molecule is CCCNC(=O)[C@H](CC)N(Cc1cccc(C)c1)C(=O)CSCc1cccc(C)c1. The zero-order valence-electron chi connectivity index (χ0n) is 18.6. The number of carbonyl (C=O) groups is 2. The highest BCUT2D eigenvalue weighted by atomic mass is 32.2. The first-order valence-corrected chi connectivity index (χ1v) is 11.9. The fraction of sp³-hybridized carbons (Fsp3) is 0.440. The minimum Gasteiger partial charge on any atom is -0.354 e. The van der Waals surface area contributed by atoms with Gasteiger partial charge in [0, 0.05) is 18.8 Å². The highest BCUT2D eigenvalue weighted by molar-refractivity contribution is 7.99. The third-order valence-corrected chi connectivity index (χ3v) is 5.94. The second-order valence-electron chi connectivity index (χ2n) is 7.71. The molecule has 0 saturated heterocycles. The molecule has 0 fully saturated rings. The van der Waals surface area contributed by atoms with E-state index in [2.05, 4.69) is 36.5 Å². The van der Waals surface area contributed by atoms with E-state index in [0.29, 0.717) is 25.3 Å². The van der Waals surface area contributed by atoms with Crippen LogP contribution in [-0.4, -0.2) is 35.1 Å². The van der Waals surface area contributed by atoms with Crippen molar-refractivity contribution in [1.29, 1.82) is 0 Å². The molecule has 4 nitrogen and oxygen atoms in total. The average Bonchev–Trinajstić information content (AvgIpc) is 2.72. The van der Waals surface area contributed by atoms with Gasteiger partial charge in [0.25, 0.3) is 0 Å². The third kappa shape index (κ3) is 7.52. The summed E-state index contributed by atoms with van der Waals surface area (Å²) in [4.78, 5) is 27.7. The number of nitrogens with one attached hydrogen (secondary N) is 1. The smallest absolute Gasteiger partial charge is 0.242 e. The van der Waals surface area contributed by atoms with E-state index in [1.807, 2.05) is 45.0 Å². The highest BCUT2D eigenvalue weighted by Crippen LogP contribution is 2.18. The van der Waals surface area contributed by atoms with Crippen LogP contribution in [0.4, 0.5) is 0 Å². The van der Waals surface area contributed by atoms with Crippen molar-refractivity contribution in [3.8, 4) is 0 Å². The second kappa shape index (κ2) is 12.4. The molecule has 2 amide bonds. The van der Waals surface area contributed by atoms with Gasteiger partial charge in [0.2, 0.25) is 11.8 Å². The molecule has 2 aromatic carbocycles. The van der Waals surface area contributed by atoms with Gasteiger partial charge in [0.1, 0.15) is 6.04 Å². The lowest BCUT2D eigenvalue weighted by Crippen LogP contribution is -2.49. The summed E-state index contributed by atoms with van der Waals surface area (Å²) in [7, 11) is 0. The standard InChI is InChI=1S/C25H34N2O2S/c1-5-13-26-25(29)23(6-2)27(16-21-11-7-9-19(3)14-21)24(28)18-30-17-22-12-8-10-20(4)15-22/h7-12,14-15,23H,5-6,13,16-18H2,1-4H3,(H,26,29)/t23-/m0/s1. The van der Waals surface area contributed by atoms with Crippen molar-refractivity contribution in [2.24, 2.45) is 0 Å². The van der Waals surface area contributed by atoms with Crippen molar-refractivity contribution >= 4 is 23.6 Å². The van der Waals surface area contributed by atoms with Crippen LogP contribution in [-0.2, 0) is 21.9 Å². The molecule has 0 aliphatic heterocycles. The van der Waals surface area contributed by atoms with Crippen molar-refractivity contribution in [2.75, 3.05) is 12.3 Å². The molecule has 0 radical (unpaired) electrons. The normalized spacial score (nSPS) is 11.7. The van der Waals surface area contributed by atoms with Gasteiger partial charge in [-0.15, -0.1) is 11.8 Å². The van der Waals surface area contributed by atoms with Gasteiger partial charge < -0.3 is 10.2 Å². The van der Waals surface area contributed by atoms with Gasteiger partial charge in [0.05, 0.1) is 5.75 Å².